The van der Waals surface area contributed by atoms with E-state index in [1.165, 1.54) is 0 Å². The molecule has 0 aliphatic carbocycles. The number of pyridine rings is 1. The van der Waals surface area contributed by atoms with Gasteiger partial charge in [0.2, 0.25) is 5.91 Å². The number of carbonyl (C=O) groups is 1. The van der Waals surface area contributed by atoms with Crippen LogP contribution in [0.2, 0.25) is 0 Å². The van der Waals surface area contributed by atoms with E-state index in [-0.39, 0.29) is 11.2 Å². The molecule has 19 heavy (non-hydrogen) atoms. The zero-order chi connectivity index (χ0) is 13.7. The van der Waals surface area contributed by atoms with Crippen LogP contribution in [-0.2, 0) is 11.2 Å². The number of benzene rings is 1. The first-order chi connectivity index (χ1) is 9.15. The quantitative estimate of drug-likeness (QED) is 0.840. The molecule has 3 nitrogen and oxygen atoms in total. The van der Waals surface area contributed by atoms with Crippen molar-refractivity contribution >= 4 is 24.2 Å². The number of rotatable bonds is 4. The van der Waals surface area contributed by atoms with Gasteiger partial charge in [0.05, 0.1) is 17.1 Å². The normalized spacial score (nSPS) is 11.9. The first-order valence-electron chi connectivity index (χ1n) is 6.10. The SMILES string of the molecule is Cc1ccc(NC(=O)C(S)Cc2ccccc2)cn1. The Morgan fingerprint density at radius 3 is 2.63 bits per heavy atom. The Balaban J connectivity index is 1.94. The number of hydrogen-bond donors (Lipinski definition) is 2. The minimum Gasteiger partial charge on any atom is -0.324 e. The fraction of sp³-hybridized carbons (Fsp3) is 0.200. The van der Waals surface area contributed by atoms with Crippen LogP contribution in [-0.4, -0.2) is 16.1 Å². The molecule has 0 aliphatic rings. The molecule has 0 radical (unpaired) electrons. The van der Waals surface area contributed by atoms with E-state index in [1.807, 2.05) is 49.4 Å². The molecule has 0 bridgehead atoms. The van der Waals surface area contributed by atoms with E-state index in [0.29, 0.717) is 12.1 Å². The topological polar surface area (TPSA) is 42.0 Å². The van der Waals surface area contributed by atoms with Gasteiger partial charge in [-0.25, -0.2) is 0 Å². The van der Waals surface area contributed by atoms with Gasteiger partial charge in [-0.1, -0.05) is 30.3 Å². The summed E-state index contributed by atoms with van der Waals surface area (Å²) in [6, 6.07) is 13.5. The number of nitrogens with zero attached hydrogens (tertiary/aromatic N) is 1. The third kappa shape index (κ3) is 4.10. The number of anilines is 1. The summed E-state index contributed by atoms with van der Waals surface area (Å²) in [6.07, 6.45) is 2.26. The molecule has 1 heterocycles. The van der Waals surface area contributed by atoms with E-state index < -0.39 is 0 Å². The second-order valence-corrected chi connectivity index (χ2v) is 5.01. The average Bonchev–Trinajstić information content (AvgIpc) is 2.42. The molecule has 1 amide bonds. The van der Waals surface area contributed by atoms with Crippen molar-refractivity contribution in [1.29, 1.82) is 0 Å². The van der Waals surface area contributed by atoms with Crippen molar-refractivity contribution in [3.05, 3.63) is 59.9 Å². The van der Waals surface area contributed by atoms with Crippen molar-refractivity contribution in [1.82, 2.24) is 4.98 Å². The molecule has 4 heteroatoms. The maximum atomic E-state index is 12.0. The lowest BCUT2D eigenvalue weighted by Gasteiger charge is -2.11. The zero-order valence-electron chi connectivity index (χ0n) is 10.7. The average molecular weight is 272 g/mol. The maximum Gasteiger partial charge on any atom is 0.237 e. The molecular weight excluding hydrogens is 256 g/mol. The second kappa shape index (κ2) is 6.38. The predicted molar refractivity (Wildman–Crippen MR) is 80.5 cm³/mol. The number of thiol groups is 1. The van der Waals surface area contributed by atoms with Gasteiger partial charge in [-0.15, -0.1) is 0 Å². The second-order valence-electron chi connectivity index (χ2n) is 4.38. The number of aromatic nitrogens is 1. The number of hydrogen-bond acceptors (Lipinski definition) is 3. The summed E-state index contributed by atoms with van der Waals surface area (Å²) < 4.78 is 0. The zero-order valence-corrected chi connectivity index (χ0v) is 11.6. The molecular formula is C15H16N2OS. The summed E-state index contributed by atoms with van der Waals surface area (Å²) in [5.41, 5.74) is 2.71. The highest BCUT2D eigenvalue weighted by Gasteiger charge is 2.14. The van der Waals surface area contributed by atoms with Gasteiger partial charge in [-0.3, -0.25) is 9.78 Å². The van der Waals surface area contributed by atoms with Crippen LogP contribution in [0.25, 0.3) is 0 Å². The first-order valence-corrected chi connectivity index (χ1v) is 6.62. The fourth-order valence-electron chi connectivity index (χ4n) is 1.70. The van der Waals surface area contributed by atoms with Gasteiger partial charge in [-0.2, -0.15) is 12.6 Å². The van der Waals surface area contributed by atoms with Crippen molar-refractivity contribution in [2.24, 2.45) is 0 Å². The number of aryl methyl sites for hydroxylation is 1. The predicted octanol–water partition coefficient (Wildman–Crippen LogP) is 2.87. The van der Waals surface area contributed by atoms with Crippen LogP contribution >= 0.6 is 12.6 Å². The Kier molecular flexibility index (Phi) is 4.58. The van der Waals surface area contributed by atoms with Crippen molar-refractivity contribution in [2.75, 3.05) is 5.32 Å². The molecule has 2 rings (SSSR count). The highest BCUT2D eigenvalue weighted by atomic mass is 32.1. The third-order valence-corrected chi connectivity index (χ3v) is 3.17. The smallest absolute Gasteiger partial charge is 0.237 e. The van der Waals surface area contributed by atoms with E-state index in [0.717, 1.165) is 11.3 Å². The Morgan fingerprint density at radius 2 is 2.00 bits per heavy atom. The Morgan fingerprint density at radius 1 is 1.26 bits per heavy atom. The van der Waals surface area contributed by atoms with Crippen LogP contribution in [0.1, 0.15) is 11.3 Å². The Hall–Kier alpha value is -1.81. The highest BCUT2D eigenvalue weighted by molar-refractivity contribution is 7.81. The van der Waals surface area contributed by atoms with Gasteiger partial charge in [0.15, 0.2) is 0 Å². The molecule has 1 aromatic carbocycles. The van der Waals surface area contributed by atoms with Crippen molar-refractivity contribution in [3.63, 3.8) is 0 Å². The van der Waals surface area contributed by atoms with Crippen molar-refractivity contribution < 1.29 is 4.79 Å². The van der Waals surface area contributed by atoms with Gasteiger partial charge in [-0.05, 0) is 31.0 Å². The molecule has 98 valence electrons. The third-order valence-electron chi connectivity index (χ3n) is 2.75. The maximum absolute atomic E-state index is 12.0. The van der Waals surface area contributed by atoms with E-state index in [9.17, 15) is 4.79 Å². The van der Waals surface area contributed by atoms with Crippen molar-refractivity contribution in [3.8, 4) is 0 Å². The summed E-state index contributed by atoms with van der Waals surface area (Å²) in [7, 11) is 0. The number of carbonyl (C=O) groups excluding carboxylic acids is 1. The minimum absolute atomic E-state index is 0.113. The molecule has 0 fully saturated rings. The largest absolute Gasteiger partial charge is 0.324 e. The Bertz CT molecular complexity index is 540. The molecule has 0 saturated carbocycles. The van der Waals surface area contributed by atoms with Crippen LogP contribution in [0.3, 0.4) is 0 Å². The first kappa shape index (κ1) is 13.6. The van der Waals surface area contributed by atoms with E-state index in [4.69, 9.17) is 0 Å². The number of amides is 1. The molecule has 0 saturated heterocycles. The molecule has 0 spiro atoms. The lowest BCUT2D eigenvalue weighted by atomic mass is 10.1. The van der Waals surface area contributed by atoms with Gasteiger partial charge in [0, 0.05) is 5.69 Å². The molecule has 0 aliphatic heterocycles. The highest BCUT2D eigenvalue weighted by Crippen LogP contribution is 2.11. The van der Waals surface area contributed by atoms with Gasteiger partial charge in [0.1, 0.15) is 0 Å². The fourth-order valence-corrected chi connectivity index (χ4v) is 1.97. The lowest BCUT2D eigenvalue weighted by molar-refractivity contribution is -0.115. The molecule has 1 aromatic heterocycles. The molecule has 1 unspecified atom stereocenters. The van der Waals surface area contributed by atoms with E-state index in [1.54, 1.807) is 6.20 Å². The summed E-state index contributed by atoms with van der Waals surface area (Å²) in [5, 5.41) is 2.44. The van der Waals surface area contributed by atoms with Gasteiger partial charge < -0.3 is 5.32 Å². The summed E-state index contributed by atoms with van der Waals surface area (Å²) in [4.78, 5) is 16.1. The van der Waals surface area contributed by atoms with Crippen LogP contribution in [0.15, 0.2) is 48.7 Å². The van der Waals surface area contributed by atoms with E-state index in [2.05, 4.69) is 22.9 Å². The van der Waals surface area contributed by atoms with Crippen molar-refractivity contribution in [2.45, 2.75) is 18.6 Å². The lowest BCUT2D eigenvalue weighted by Crippen LogP contribution is -2.25. The molecule has 2 aromatic rings. The minimum atomic E-state index is -0.372. The van der Waals surface area contributed by atoms with Crippen LogP contribution in [0.4, 0.5) is 5.69 Å². The van der Waals surface area contributed by atoms with Gasteiger partial charge in [0.25, 0.3) is 0 Å². The van der Waals surface area contributed by atoms with Crippen LogP contribution in [0.5, 0.6) is 0 Å². The summed E-state index contributed by atoms with van der Waals surface area (Å²) in [5.74, 6) is -0.113. The standard InChI is InChI=1S/C15H16N2OS/c1-11-7-8-13(10-16-11)17-15(18)14(19)9-12-5-3-2-4-6-12/h2-8,10,14,19H,9H2,1H3,(H,17,18). The van der Waals surface area contributed by atoms with E-state index >= 15 is 0 Å². The van der Waals surface area contributed by atoms with Crippen LogP contribution in [0, 0.1) is 6.92 Å². The molecule has 1 N–H and O–H groups in total. The monoisotopic (exact) mass is 272 g/mol. The van der Waals surface area contributed by atoms with Gasteiger partial charge >= 0.3 is 0 Å². The summed E-state index contributed by atoms with van der Waals surface area (Å²) >= 11 is 4.35. The molecule has 1 atom stereocenters. The Labute approximate surface area is 118 Å². The van der Waals surface area contributed by atoms with Crippen LogP contribution < -0.4 is 5.32 Å². The number of nitrogens with one attached hydrogen (secondary N) is 1. The summed E-state index contributed by atoms with van der Waals surface area (Å²) in [6.45, 7) is 1.91.